The van der Waals surface area contributed by atoms with Crippen LogP contribution in [0.25, 0.3) is 0 Å². The van der Waals surface area contributed by atoms with Crippen molar-refractivity contribution >= 4 is 5.91 Å². The standard InChI is InChI=1S/C20H21NO3/c1-2-15-24-18-12-10-17(11-13-18)20(23)21-19(9-6-14-22)16-7-4-3-5-8-16/h1,3-5,7-8,10-13,19,22H,6,9,14-15H2,(H,21,23). The zero-order valence-electron chi connectivity index (χ0n) is 13.4. The topological polar surface area (TPSA) is 58.6 Å². The van der Waals surface area contributed by atoms with Crippen LogP contribution in [0.15, 0.2) is 54.6 Å². The van der Waals surface area contributed by atoms with Gasteiger partial charge >= 0.3 is 0 Å². The summed E-state index contributed by atoms with van der Waals surface area (Å²) in [7, 11) is 0. The second-order valence-electron chi connectivity index (χ2n) is 5.32. The van der Waals surface area contributed by atoms with Gasteiger partial charge < -0.3 is 15.2 Å². The minimum atomic E-state index is -0.162. The van der Waals surface area contributed by atoms with Crippen molar-refractivity contribution < 1.29 is 14.6 Å². The normalized spacial score (nSPS) is 11.3. The Kier molecular flexibility index (Phi) is 6.88. The largest absolute Gasteiger partial charge is 0.481 e. The molecule has 0 saturated heterocycles. The van der Waals surface area contributed by atoms with Crippen molar-refractivity contribution in [3.05, 3.63) is 65.7 Å². The van der Waals surface area contributed by atoms with E-state index < -0.39 is 0 Å². The van der Waals surface area contributed by atoms with E-state index in [9.17, 15) is 4.79 Å². The first-order valence-corrected chi connectivity index (χ1v) is 7.87. The highest BCUT2D eigenvalue weighted by Gasteiger charge is 2.15. The molecule has 2 aromatic rings. The van der Waals surface area contributed by atoms with Crippen molar-refractivity contribution in [1.29, 1.82) is 0 Å². The Bertz CT molecular complexity index is 674. The third-order valence-electron chi connectivity index (χ3n) is 3.60. The van der Waals surface area contributed by atoms with Gasteiger partial charge in [-0.1, -0.05) is 36.3 Å². The molecular formula is C20H21NO3. The Morgan fingerprint density at radius 2 is 1.88 bits per heavy atom. The third-order valence-corrected chi connectivity index (χ3v) is 3.60. The third kappa shape index (κ3) is 5.15. The lowest BCUT2D eigenvalue weighted by atomic mass is 10.0. The van der Waals surface area contributed by atoms with E-state index in [2.05, 4.69) is 11.2 Å². The number of hydrogen-bond donors (Lipinski definition) is 2. The lowest BCUT2D eigenvalue weighted by molar-refractivity contribution is 0.0932. The SMILES string of the molecule is C#CCOc1ccc(C(=O)NC(CCCO)c2ccccc2)cc1. The van der Waals surface area contributed by atoms with Crippen molar-refractivity contribution in [2.75, 3.05) is 13.2 Å². The second kappa shape index (κ2) is 9.39. The number of benzene rings is 2. The van der Waals surface area contributed by atoms with Crippen LogP contribution in [0.4, 0.5) is 0 Å². The van der Waals surface area contributed by atoms with E-state index in [1.54, 1.807) is 24.3 Å². The second-order valence-corrected chi connectivity index (χ2v) is 5.32. The number of nitrogens with one attached hydrogen (secondary N) is 1. The van der Waals surface area contributed by atoms with Gasteiger partial charge in [-0.25, -0.2) is 0 Å². The molecule has 2 N–H and O–H groups in total. The molecule has 0 spiro atoms. The molecule has 124 valence electrons. The first-order chi connectivity index (χ1) is 11.7. The maximum absolute atomic E-state index is 12.5. The summed E-state index contributed by atoms with van der Waals surface area (Å²) < 4.78 is 5.30. The van der Waals surface area contributed by atoms with Crippen LogP contribution in [0, 0.1) is 12.3 Å². The molecule has 4 nitrogen and oxygen atoms in total. The Hall–Kier alpha value is -2.77. The number of terminal acetylenes is 1. The van der Waals surface area contributed by atoms with Crippen LogP contribution in [-0.4, -0.2) is 24.2 Å². The number of ether oxygens (including phenoxy) is 1. The summed E-state index contributed by atoms with van der Waals surface area (Å²) >= 11 is 0. The lowest BCUT2D eigenvalue weighted by Crippen LogP contribution is -2.28. The minimum absolute atomic E-state index is 0.0976. The molecule has 0 aliphatic carbocycles. The molecular weight excluding hydrogens is 302 g/mol. The van der Waals surface area contributed by atoms with E-state index in [-0.39, 0.29) is 25.2 Å². The van der Waals surface area contributed by atoms with Gasteiger partial charge in [0.2, 0.25) is 0 Å². The monoisotopic (exact) mass is 323 g/mol. The number of hydrogen-bond acceptors (Lipinski definition) is 3. The van der Waals surface area contributed by atoms with E-state index in [1.807, 2.05) is 30.3 Å². The maximum atomic E-state index is 12.5. The minimum Gasteiger partial charge on any atom is -0.481 e. The Morgan fingerprint density at radius 3 is 2.50 bits per heavy atom. The highest BCUT2D eigenvalue weighted by Crippen LogP contribution is 2.19. The van der Waals surface area contributed by atoms with Gasteiger partial charge in [0.1, 0.15) is 12.4 Å². The first-order valence-electron chi connectivity index (χ1n) is 7.87. The number of amides is 1. The summed E-state index contributed by atoms with van der Waals surface area (Å²) in [4.78, 5) is 12.5. The van der Waals surface area contributed by atoms with Gasteiger partial charge in [0.15, 0.2) is 0 Å². The molecule has 2 rings (SSSR count). The first kappa shape index (κ1) is 17.6. The molecule has 0 fully saturated rings. The number of aliphatic hydroxyl groups excluding tert-OH is 1. The fourth-order valence-corrected chi connectivity index (χ4v) is 2.37. The number of aliphatic hydroxyl groups is 1. The average molecular weight is 323 g/mol. The summed E-state index contributed by atoms with van der Waals surface area (Å²) in [5, 5.41) is 12.1. The van der Waals surface area contributed by atoms with Crippen LogP contribution in [0.5, 0.6) is 5.75 Å². The molecule has 4 heteroatoms. The Labute approximate surface area is 142 Å². The quantitative estimate of drug-likeness (QED) is 0.734. The van der Waals surface area contributed by atoms with Gasteiger partial charge in [0.25, 0.3) is 5.91 Å². The summed E-state index contributed by atoms with van der Waals surface area (Å²) in [6.45, 7) is 0.295. The van der Waals surface area contributed by atoms with Crippen LogP contribution < -0.4 is 10.1 Å². The van der Waals surface area contributed by atoms with Gasteiger partial charge in [-0.3, -0.25) is 4.79 Å². The Morgan fingerprint density at radius 1 is 1.17 bits per heavy atom. The molecule has 0 heterocycles. The average Bonchev–Trinajstić information content (AvgIpc) is 2.64. The van der Waals surface area contributed by atoms with Gasteiger partial charge in [-0.2, -0.15) is 0 Å². The van der Waals surface area contributed by atoms with E-state index in [0.29, 0.717) is 24.2 Å². The van der Waals surface area contributed by atoms with Gasteiger partial charge in [-0.15, -0.1) is 6.42 Å². The summed E-state index contributed by atoms with van der Waals surface area (Å²) in [6.07, 6.45) is 6.45. The zero-order valence-corrected chi connectivity index (χ0v) is 13.4. The van der Waals surface area contributed by atoms with E-state index >= 15 is 0 Å². The molecule has 1 amide bonds. The van der Waals surface area contributed by atoms with Crippen LogP contribution in [0.3, 0.4) is 0 Å². The number of carbonyl (C=O) groups excluding carboxylic acids is 1. The molecule has 0 radical (unpaired) electrons. The van der Waals surface area contributed by atoms with E-state index in [4.69, 9.17) is 16.3 Å². The molecule has 0 aliphatic heterocycles. The predicted molar refractivity (Wildman–Crippen MR) is 93.7 cm³/mol. The Balaban J connectivity index is 2.05. The molecule has 2 aromatic carbocycles. The van der Waals surface area contributed by atoms with Gasteiger partial charge in [0, 0.05) is 12.2 Å². The molecule has 0 saturated carbocycles. The molecule has 1 atom stereocenters. The molecule has 24 heavy (non-hydrogen) atoms. The van der Waals surface area contributed by atoms with Crippen molar-refractivity contribution in [2.24, 2.45) is 0 Å². The van der Waals surface area contributed by atoms with Crippen LogP contribution in [0.1, 0.15) is 34.8 Å². The summed E-state index contributed by atoms with van der Waals surface area (Å²) in [6, 6.07) is 16.5. The maximum Gasteiger partial charge on any atom is 0.251 e. The fraction of sp³-hybridized carbons (Fsp3) is 0.250. The summed E-state index contributed by atoms with van der Waals surface area (Å²) in [5.41, 5.74) is 1.57. The van der Waals surface area contributed by atoms with E-state index in [1.165, 1.54) is 0 Å². The smallest absolute Gasteiger partial charge is 0.251 e. The van der Waals surface area contributed by atoms with Crippen LogP contribution >= 0.6 is 0 Å². The molecule has 0 aliphatic rings. The highest BCUT2D eigenvalue weighted by molar-refractivity contribution is 5.94. The van der Waals surface area contributed by atoms with Gasteiger partial charge in [0.05, 0.1) is 6.04 Å². The predicted octanol–water partition coefficient (Wildman–Crippen LogP) is 2.94. The highest BCUT2D eigenvalue weighted by atomic mass is 16.5. The molecule has 0 aromatic heterocycles. The number of rotatable bonds is 8. The van der Waals surface area contributed by atoms with Crippen molar-refractivity contribution in [3.63, 3.8) is 0 Å². The lowest BCUT2D eigenvalue weighted by Gasteiger charge is -2.19. The van der Waals surface area contributed by atoms with Crippen LogP contribution in [0.2, 0.25) is 0 Å². The van der Waals surface area contributed by atoms with Crippen molar-refractivity contribution in [3.8, 4) is 18.1 Å². The molecule has 1 unspecified atom stereocenters. The van der Waals surface area contributed by atoms with Crippen molar-refractivity contribution in [2.45, 2.75) is 18.9 Å². The number of carbonyl (C=O) groups is 1. The van der Waals surface area contributed by atoms with Gasteiger partial charge in [-0.05, 0) is 42.7 Å². The zero-order chi connectivity index (χ0) is 17.2. The summed E-state index contributed by atoms with van der Waals surface area (Å²) in [5.74, 6) is 2.86. The van der Waals surface area contributed by atoms with E-state index in [0.717, 1.165) is 5.56 Å². The van der Waals surface area contributed by atoms with Crippen LogP contribution in [-0.2, 0) is 0 Å². The van der Waals surface area contributed by atoms with Crippen molar-refractivity contribution in [1.82, 2.24) is 5.32 Å². The fourth-order valence-electron chi connectivity index (χ4n) is 2.37. The molecule has 0 bridgehead atoms.